The van der Waals surface area contributed by atoms with Crippen LogP contribution in [0.3, 0.4) is 0 Å². The summed E-state index contributed by atoms with van der Waals surface area (Å²) in [6.45, 7) is 5.68. The van der Waals surface area contributed by atoms with Gasteiger partial charge in [-0.3, -0.25) is 19.2 Å². The van der Waals surface area contributed by atoms with E-state index in [0.717, 1.165) is 0 Å². The van der Waals surface area contributed by atoms with Gasteiger partial charge >= 0.3 is 11.2 Å². The molecule has 0 saturated heterocycles. The number of alkyl halides is 4. The Kier molecular flexibility index (Phi) is 8.10. The molecule has 0 aromatic carbocycles. The third-order valence-corrected chi connectivity index (χ3v) is 11.8. The first-order valence-electron chi connectivity index (χ1n) is 13.7. The van der Waals surface area contributed by atoms with Crippen LogP contribution in [0.15, 0.2) is 0 Å². The van der Waals surface area contributed by atoms with E-state index in [9.17, 15) is 49.7 Å². The lowest BCUT2D eigenvalue weighted by atomic mass is 9.44. The Morgan fingerprint density at radius 3 is 2.35 bits per heavy atom. The second-order valence-electron chi connectivity index (χ2n) is 12.7. The van der Waals surface area contributed by atoms with Crippen molar-refractivity contribution in [2.45, 2.75) is 96.3 Å². The molecule has 40 heavy (non-hydrogen) atoms. The first-order chi connectivity index (χ1) is 18.4. The maximum atomic E-state index is 13.8. The van der Waals surface area contributed by atoms with E-state index in [4.69, 9.17) is 0 Å². The number of Topliss-reactive ketones (excluding diaryl/α,β-unsaturated/α-hetero) is 3. The van der Waals surface area contributed by atoms with Gasteiger partial charge in [0.2, 0.25) is 6.10 Å². The molecule has 4 fully saturated rings. The summed E-state index contributed by atoms with van der Waals surface area (Å²) >= 11 is 0. The maximum Gasteiger partial charge on any atom is 0.375 e. The van der Waals surface area contributed by atoms with Crippen molar-refractivity contribution in [3.63, 3.8) is 0 Å². The zero-order chi connectivity index (χ0) is 30.0. The van der Waals surface area contributed by atoms with Crippen LogP contribution in [0.2, 0.25) is 0 Å². The first-order valence-corrected chi connectivity index (χ1v) is 15.1. The molecule has 0 aromatic heterocycles. The molecule has 0 amide bonds. The highest BCUT2D eigenvalue weighted by atomic mass is 32.2. The van der Waals surface area contributed by atoms with Gasteiger partial charge < -0.3 is 9.29 Å². The Labute approximate surface area is 230 Å². The van der Waals surface area contributed by atoms with Gasteiger partial charge in [-0.1, -0.05) is 20.8 Å². The third-order valence-electron chi connectivity index (χ3n) is 10.9. The molecule has 0 heterocycles. The Morgan fingerprint density at radius 2 is 1.75 bits per heavy atom. The van der Waals surface area contributed by atoms with Gasteiger partial charge in [-0.2, -0.15) is 8.78 Å². The van der Waals surface area contributed by atoms with Crippen molar-refractivity contribution in [3.8, 4) is 0 Å². The van der Waals surface area contributed by atoms with Crippen molar-refractivity contribution in [2.24, 2.45) is 46.3 Å². The molecule has 0 aliphatic heterocycles. The highest BCUT2D eigenvalue weighted by Gasteiger charge is 2.66. The van der Waals surface area contributed by atoms with Gasteiger partial charge in [-0.25, -0.2) is 17.2 Å². The Morgan fingerprint density at radius 1 is 1.10 bits per heavy atom. The zero-order valence-electron chi connectivity index (χ0n) is 22.7. The predicted octanol–water partition coefficient (Wildman–Crippen LogP) is 4.30. The second-order valence-corrected chi connectivity index (χ2v) is 14.2. The molecule has 2 unspecified atom stereocenters. The molecular weight excluding hydrogens is 560 g/mol. The van der Waals surface area contributed by atoms with Crippen molar-refractivity contribution in [3.05, 3.63) is 0 Å². The number of hydrogen-bond acceptors (Lipinski definition) is 8. The molecule has 4 rings (SSSR count). The molecule has 0 aromatic rings. The minimum absolute atomic E-state index is 0.0142. The summed E-state index contributed by atoms with van der Waals surface area (Å²) < 4.78 is 89.9. The molecule has 226 valence electrons. The van der Waals surface area contributed by atoms with Crippen LogP contribution >= 0.6 is 0 Å². The molecule has 13 heteroatoms. The van der Waals surface area contributed by atoms with Crippen LogP contribution in [0.25, 0.3) is 0 Å². The van der Waals surface area contributed by atoms with E-state index in [1.165, 1.54) is 0 Å². The summed E-state index contributed by atoms with van der Waals surface area (Å²) in [4.78, 5) is 51.5. The average Bonchev–Trinajstić information content (AvgIpc) is 3.20. The second kappa shape index (κ2) is 10.4. The number of halogens is 4. The Hall–Kier alpha value is -1.89. The molecule has 0 radical (unpaired) electrons. The van der Waals surface area contributed by atoms with E-state index < -0.39 is 45.7 Å². The quantitative estimate of drug-likeness (QED) is 0.230. The number of rotatable bonds is 8. The van der Waals surface area contributed by atoms with Gasteiger partial charge in [0.1, 0.15) is 17.3 Å². The number of fused-ring (bicyclic) bond motifs is 5. The van der Waals surface area contributed by atoms with Gasteiger partial charge in [0.25, 0.3) is 6.43 Å². The van der Waals surface area contributed by atoms with E-state index in [2.05, 4.69) is 11.7 Å². The maximum absolute atomic E-state index is 13.8. The number of carbonyl (C=O) groups is 4. The lowest BCUT2D eigenvalue weighted by Gasteiger charge is -2.58. The van der Waals surface area contributed by atoms with Gasteiger partial charge in [-0.15, -0.1) is 0 Å². The molecule has 4 aliphatic carbocycles. The largest absolute Gasteiger partial charge is 0.743 e. The molecule has 0 bridgehead atoms. The summed E-state index contributed by atoms with van der Waals surface area (Å²) in [6.07, 6.45) is -5.32. The van der Waals surface area contributed by atoms with E-state index in [0.29, 0.717) is 38.5 Å². The summed E-state index contributed by atoms with van der Waals surface area (Å²) in [7, 11) is -6.52. The lowest BCUT2D eigenvalue weighted by Crippen LogP contribution is -2.60. The van der Waals surface area contributed by atoms with E-state index in [-0.39, 0.29) is 71.1 Å². The third kappa shape index (κ3) is 4.92. The fraction of sp³-hybridized carbons (Fsp3) is 0.852. The Balaban J connectivity index is 1.46. The van der Waals surface area contributed by atoms with Crippen molar-refractivity contribution in [1.29, 1.82) is 0 Å². The fourth-order valence-corrected chi connectivity index (χ4v) is 8.98. The topological polar surface area (TPSA) is 135 Å². The van der Waals surface area contributed by atoms with Crippen LogP contribution in [-0.4, -0.2) is 54.1 Å². The standard InChI is InChI=1S/C27H36F4O8S/c1-13(4-7-21(35)39-23(24(28)29)27(30,31)40(36,37)38)16-5-6-17-22-18(12-20(34)26(16,17)3)25(2)9-8-15(32)10-14(25)11-19(22)33/h13-14,16-18,22-24H,4-12H2,1-3H3,(H,36,37,38)/p-1/t13?,14-,16+,17-,18-,22-,23?,25-,26+/m0/s1. The molecule has 0 N–H and O–H groups in total. The summed E-state index contributed by atoms with van der Waals surface area (Å²) in [5.41, 5.74) is -1.15. The molecular formula is C27H35F4O8S-. The summed E-state index contributed by atoms with van der Waals surface area (Å²) in [5.74, 6) is -2.64. The summed E-state index contributed by atoms with van der Waals surface area (Å²) in [6, 6.07) is 0. The monoisotopic (exact) mass is 595 g/mol. The number of carbonyl (C=O) groups excluding carboxylic acids is 4. The minimum Gasteiger partial charge on any atom is -0.743 e. The van der Waals surface area contributed by atoms with Crippen LogP contribution in [-0.2, 0) is 34.0 Å². The average molecular weight is 596 g/mol. The Bertz CT molecular complexity index is 1190. The van der Waals surface area contributed by atoms with Gasteiger partial charge in [0.05, 0.1) is 0 Å². The number of ketones is 3. The highest BCUT2D eigenvalue weighted by molar-refractivity contribution is 7.86. The molecule has 9 atom stereocenters. The van der Waals surface area contributed by atoms with Crippen LogP contribution in [0.1, 0.15) is 78.6 Å². The van der Waals surface area contributed by atoms with E-state index in [1.54, 1.807) is 6.92 Å². The van der Waals surface area contributed by atoms with Crippen molar-refractivity contribution in [2.75, 3.05) is 0 Å². The van der Waals surface area contributed by atoms with Crippen LogP contribution in [0.5, 0.6) is 0 Å². The van der Waals surface area contributed by atoms with Crippen molar-refractivity contribution in [1.82, 2.24) is 0 Å². The van der Waals surface area contributed by atoms with E-state index >= 15 is 0 Å². The van der Waals surface area contributed by atoms with Crippen LogP contribution in [0, 0.1) is 46.3 Å². The smallest absolute Gasteiger partial charge is 0.375 e. The van der Waals surface area contributed by atoms with Gasteiger partial charge in [0, 0.05) is 43.4 Å². The molecule has 8 nitrogen and oxygen atoms in total. The normalized spacial score (nSPS) is 37.9. The SMILES string of the molecule is CC(CCC(=O)OC(C(F)F)C(F)(F)S(=O)(=O)[O-])[C@H]1CC[C@H]2[C@@H]3C(=O)C[C@@H]4CC(=O)CC[C@]4(C)[C@H]3CC(=O)[C@]12C. The summed E-state index contributed by atoms with van der Waals surface area (Å²) in [5, 5.41) is -5.51. The first kappa shape index (κ1) is 31.1. The molecule has 4 aliphatic rings. The highest BCUT2D eigenvalue weighted by Crippen LogP contribution is 2.66. The number of hydrogen-bond donors (Lipinski definition) is 0. The van der Waals surface area contributed by atoms with Crippen LogP contribution < -0.4 is 0 Å². The minimum atomic E-state index is -6.52. The van der Waals surface area contributed by atoms with Gasteiger partial charge in [0.15, 0.2) is 10.1 Å². The lowest BCUT2D eigenvalue weighted by molar-refractivity contribution is -0.180. The fourth-order valence-electron chi connectivity index (χ4n) is 8.55. The molecule has 0 spiro atoms. The van der Waals surface area contributed by atoms with Gasteiger partial charge in [-0.05, 0) is 60.7 Å². The van der Waals surface area contributed by atoms with Crippen LogP contribution in [0.4, 0.5) is 17.6 Å². The van der Waals surface area contributed by atoms with Crippen molar-refractivity contribution >= 4 is 33.4 Å². The zero-order valence-corrected chi connectivity index (χ0v) is 23.5. The van der Waals surface area contributed by atoms with Crippen molar-refractivity contribution < 1.29 is 54.4 Å². The van der Waals surface area contributed by atoms with E-state index in [1.807, 2.05) is 6.92 Å². The predicted molar refractivity (Wildman–Crippen MR) is 130 cm³/mol. The molecule has 4 saturated carbocycles. The number of ether oxygens (including phenoxy) is 1. The number of esters is 1.